The number of amides is 1. The van der Waals surface area contributed by atoms with Crippen LogP contribution in [0.4, 0.5) is 5.69 Å². The summed E-state index contributed by atoms with van der Waals surface area (Å²) in [6.45, 7) is 6.08. The summed E-state index contributed by atoms with van der Waals surface area (Å²) in [6.07, 6.45) is 0. The van der Waals surface area contributed by atoms with E-state index >= 15 is 0 Å². The van der Waals surface area contributed by atoms with Gasteiger partial charge in [0.15, 0.2) is 23.0 Å². The van der Waals surface area contributed by atoms with E-state index in [1.807, 2.05) is 32.9 Å². The van der Waals surface area contributed by atoms with Gasteiger partial charge in [0.05, 0.1) is 39.6 Å². The first-order valence-electron chi connectivity index (χ1n) is 12.2. The minimum absolute atomic E-state index is 0.0456. The highest BCUT2D eigenvalue weighted by Gasteiger charge is 2.47. The SMILES string of the molecule is CCOc1cc(C2/C(=C(\O)c3ccc(OC)c(OC)c3)C(=O)C(=O)N2c2cccc(C)c2C)ccc1OC. The molecule has 0 spiro atoms. The highest BCUT2D eigenvalue weighted by Crippen LogP contribution is 2.45. The molecule has 8 heteroatoms. The smallest absolute Gasteiger partial charge is 0.300 e. The number of aliphatic hydroxyl groups is 1. The molecule has 38 heavy (non-hydrogen) atoms. The molecule has 0 radical (unpaired) electrons. The second kappa shape index (κ2) is 10.9. The number of methoxy groups -OCH3 is 3. The maximum atomic E-state index is 13.6. The summed E-state index contributed by atoms with van der Waals surface area (Å²) < 4.78 is 21.9. The Morgan fingerprint density at radius 1 is 0.868 bits per heavy atom. The number of benzene rings is 3. The van der Waals surface area contributed by atoms with Gasteiger partial charge in [-0.15, -0.1) is 0 Å². The molecule has 1 saturated heterocycles. The summed E-state index contributed by atoms with van der Waals surface area (Å²) in [5.74, 6) is -0.0374. The summed E-state index contributed by atoms with van der Waals surface area (Å²) in [4.78, 5) is 28.6. The average molecular weight is 518 g/mol. The Bertz CT molecular complexity index is 1430. The number of aryl methyl sites for hydroxylation is 1. The largest absolute Gasteiger partial charge is 0.507 e. The van der Waals surface area contributed by atoms with Crippen LogP contribution < -0.4 is 23.8 Å². The summed E-state index contributed by atoms with van der Waals surface area (Å²) in [5.41, 5.74) is 3.24. The molecule has 1 aliphatic rings. The molecule has 8 nitrogen and oxygen atoms in total. The van der Waals surface area contributed by atoms with Crippen molar-refractivity contribution in [2.75, 3.05) is 32.8 Å². The first-order valence-corrected chi connectivity index (χ1v) is 12.2. The van der Waals surface area contributed by atoms with Crippen molar-refractivity contribution in [3.8, 4) is 23.0 Å². The van der Waals surface area contributed by atoms with Crippen LogP contribution in [0.25, 0.3) is 5.76 Å². The predicted octanol–water partition coefficient (Wildman–Crippen LogP) is 5.35. The minimum atomic E-state index is -0.922. The molecule has 0 saturated carbocycles. The summed E-state index contributed by atoms with van der Waals surface area (Å²) in [7, 11) is 4.53. The fraction of sp³-hybridized carbons (Fsp3) is 0.267. The van der Waals surface area contributed by atoms with Gasteiger partial charge in [-0.05, 0) is 73.9 Å². The van der Waals surface area contributed by atoms with Crippen LogP contribution in [0.5, 0.6) is 23.0 Å². The van der Waals surface area contributed by atoms with Gasteiger partial charge in [-0.1, -0.05) is 18.2 Å². The first kappa shape index (κ1) is 26.6. The van der Waals surface area contributed by atoms with Crippen LogP contribution in [0.3, 0.4) is 0 Å². The van der Waals surface area contributed by atoms with Crippen LogP contribution in [-0.2, 0) is 9.59 Å². The number of carbonyl (C=O) groups is 2. The van der Waals surface area contributed by atoms with Crippen molar-refractivity contribution < 1.29 is 33.6 Å². The van der Waals surface area contributed by atoms with E-state index in [1.54, 1.807) is 42.5 Å². The van der Waals surface area contributed by atoms with Crippen molar-refractivity contribution in [2.24, 2.45) is 0 Å². The van der Waals surface area contributed by atoms with Crippen molar-refractivity contribution in [1.82, 2.24) is 0 Å². The lowest BCUT2D eigenvalue weighted by Gasteiger charge is -2.28. The molecule has 0 bridgehead atoms. The molecule has 1 N–H and O–H groups in total. The predicted molar refractivity (Wildman–Crippen MR) is 144 cm³/mol. The Balaban J connectivity index is 2.00. The van der Waals surface area contributed by atoms with Crippen molar-refractivity contribution in [3.63, 3.8) is 0 Å². The van der Waals surface area contributed by atoms with Crippen LogP contribution in [-0.4, -0.2) is 44.7 Å². The maximum Gasteiger partial charge on any atom is 0.300 e. The molecule has 1 heterocycles. The second-order valence-electron chi connectivity index (χ2n) is 8.80. The summed E-state index contributed by atoms with van der Waals surface area (Å²) in [6, 6.07) is 14.7. The number of carbonyl (C=O) groups excluding carboxylic acids is 2. The lowest BCUT2D eigenvalue weighted by Crippen LogP contribution is -2.30. The first-order chi connectivity index (χ1) is 18.3. The van der Waals surface area contributed by atoms with Crippen molar-refractivity contribution in [2.45, 2.75) is 26.8 Å². The van der Waals surface area contributed by atoms with Gasteiger partial charge in [0, 0.05) is 11.3 Å². The van der Waals surface area contributed by atoms with Crippen molar-refractivity contribution in [3.05, 3.63) is 82.4 Å². The monoisotopic (exact) mass is 517 g/mol. The number of aliphatic hydroxyl groups excluding tert-OH is 1. The maximum absolute atomic E-state index is 13.6. The fourth-order valence-electron chi connectivity index (χ4n) is 4.66. The van der Waals surface area contributed by atoms with E-state index in [1.165, 1.54) is 26.2 Å². The van der Waals surface area contributed by atoms with Crippen molar-refractivity contribution >= 4 is 23.1 Å². The van der Waals surface area contributed by atoms with Crippen molar-refractivity contribution in [1.29, 1.82) is 0 Å². The zero-order chi connectivity index (χ0) is 27.6. The van der Waals surface area contributed by atoms with Crippen LogP contribution in [0.1, 0.15) is 35.2 Å². The van der Waals surface area contributed by atoms with Gasteiger partial charge in [-0.25, -0.2) is 0 Å². The normalized spacial score (nSPS) is 16.5. The fourth-order valence-corrected chi connectivity index (χ4v) is 4.66. The third-order valence-corrected chi connectivity index (χ3v) is 6.74. The minimum Gasteiger partial charge on any atom is -0.507 e. The molecule has 4 rings (SSSR count). The van der Waals surface area contributed by atoms with E-state index in [4.69, 9.17) is 18.9 Å². The Morgan fingerprint density at radius 2 is 1.53 bits per heavy atom. The molecule has 198 valence electrons. The highest BCUT2D eigenvalue weighted by atomic mass is 16.5. The lowest BCUT2D eigenvalue weighted by atomic mass is 9.94. The van der Waals surface area contributed by atoms with Gasteiger partial charge in [0.1, 0.15) is 5.76 Å². The van der Waals surface area contributed by atoms with Crippen LogP contribution in [0, 0.1) is 13.8 Å². The van der Waals surface area contributed by atoms with E-state index in [0.29, 0.717) is 46.4 Å². The number of ether oxygens (including phenoxy) is 4. The Kier molecular flexibility index (Phi) is 7.62. The average Bonchev–Trinajstić information content (AvgIpc) is 3.19. The number of nitrogens with zero attached hydrogens (tertiary/aromatic N) is 1. The molecule has 0 aliphatic carbocycles. The molecule has 1 aliphatic heterocycles. The third kappa shape index (κ3) is 4.53. The Labute approximate surface area is 222 Å². The van der Waals surface area contributed by atoms with Gasteiger partial charge < -0.3 is 24.1 Å². The number of rotatable bonds is 8. The standard InChI is InChI=1S/C30H31NO7/c1-7-38-25-15-19(11-13-23(25)36-5)27-26(28(32)20-12-14-22(35-4)24(16-20)37-6)29(33)30(34)31(27)21-10-8-9-17(2)18(21)3/h8-16,27,32H,7H2,1-6H3/b28-26+. The van der Waals surface area contributed by atoms with Crippen LogP contribution >= 0.6 is 0 Å². The molecule has 1 atom stereocenters. The molecule has 1 unspecified atom stereocenters. The zero-order valence-corrected chi connectivity index (χ0v) is 22.3. The molecule has 3 aromatic rings. The Hall–Kier alpha value is -4.46. The summed E-state index contributed by atoms with van der Waals surface area (Å²) >= 11 is 0. The Morgan fingerprint density at radius 3 is 2.18 bits per heavy atom. The number of hydrogen-bond donors (Lipinski definition) is 1. The van der Waals surface area contributed by atoms with Gasteiger partial charge in [0.2, 0.25) is 0 Å². The topological polar surface area (TPSA) is 94.5 Å². The highest BCUT2D eigenvalue weighted by molar-refractivity contribution is 6.51. The van der Waals surface area contributed by atoms with Gasteiger partial charge in [-0.3, -0.25) is 14.5 Å². The van der Waals surface area contributed by atoms with Gasteiger partial charge in [0.25, 0.3) is 11.7 Å². The number of Topliss-reactive ketones (excluding diaryl/α,β-unsaturated/α-hetero) is 1. The molecule has 0 aromatic heterocycles. The van der Waals surface area contributed by atoms with Crippen LogP contribution in [0.15, 0.2) is 60.2 Å². The zero-order valence-electron chi connectivity index (χ0n) is 22.3. The molecule has 3 aromatic carbocycles. The quantitative estimate of drug-likeness (QED) is 0.244. The number of hydrogen-bond acceptors (Lipinski definition) is 7. The number of ketones is 1. The molecule has 1 fully saturated rings. The number of anilines is 1. The van der Waals surface area contributed by atoms with E-state index < -0.39 is 17.7 Å². The second-order valence-corrected chi connectivity index (χ2v) is 8.80. The third-order valence-electron chi connectivity index (χ3n) is 6.74. The lowest BCUT2D eigenvalue weighted by molar-refractivity contribution is -0.132. The van der Waals surface area contributed by atoms with E-state index in [0.717, 1.165) is 11.1 Å². The summed E-state index contributed by atoms with van der Waals surface area (Å²) in [5, 5.41) is 11.5. The molecular weight excluding hydrogens is 486 g/mol. The molecule has 1 amide bonds. The van der Waals surface area contributed by atoms with E-state index in [2.05, 4.69) is 0 Å². The van der Waals surface area contributed by atoms with Gasteiger partial charge in [-0.2, -0.15) is 0 Å². The van der Waals surface area contributed by atoms with Crippen LogP contribution in [0.2, 0.25) is 0 Å². The van der Waals surface area contributed by atoms with E-state index in [-0.39, 0.29) is 11.3 Å². The molecular formula is C30H31NO7. The van der Waals surface area contributed by atoms with E-state index in [9.17, 15) is 14.7 Å². The van der Waals surface area contributed by atoms with Gasteiger partial charge >= 0.3 is 0 Å².